The van der Waals surface area contributed by atoms with Gasteiger partial charge in [-0.05, 0) is 12.5 Å². The van der Waals surface area contributed by atoms with Crippen LogP contribution in [0.4, 0.5) is 0 Å². The summed E-state index contributed by atoms with van der Waals surface area (Å²) in [4.78, 5) is 2.17. The maximum atomic E-state index is 8.81. The van der Waals surface area contributed by atoms with Gasteiger partial charge in [0, 0.05) is 26.7 Å². The van der Waals surface area contributed by atoms with Crippen molar-refractivity contribution in [3.05, 3.63) is 0 Å². The van der Waals surface area contributed by atoms with Crippen molar-refractivity contribution in [3.63, 3.8) is 0 Å². The van der Waals surface area contributed by atoms with E-state index < -0.39 is 0 Å². The number of hydrogen-bond donors (Lipinski definition) is 2. The fourth-order valence-electron chi connectivity index (χ4n) is 1.17. The normalized spacial score (nSPS) is 13.6. The lowest BCUT2D eigenvalue weighted by Crippen LogP contribution is -2.36. The molecular formula is C9H22N2O2. The molecule has 80 valence electrons. The van der Waals surface area contributed by atoms with Gasteiger partial charge in [0.2, 0.25) is 0 Å². The molecular weight excluding hydrogens is 168 g/mol. The van der Waals surface area contributed by atoms with Crippen LogP contribution < -0.4 is 5.73 Å². The van der Waals surface area contributed by atoms with Crippen LogP contribution >= 0.6 is 0 Å². The highest BCUT2D eigenvalue weighted by molar-refractivity contribution is 4.62. The largest absolute Gasteiger partial charge is 0.395 e. The number of nitrogens with zero attached hydrogens (tertiary/aromatic N) is 1. The van der Waals surface area contributed by atoms with E-state index in [9.17, 15) is 0 Å². The molecule has 0 bridgehead atoms. The average Bonchev–Trinajstić information content (AvgIpc) is 2.14. The smallest absolute Gasteiger partial charge is 0.0589 e. The van der Waals surface area contributed by atoms with Crippen molar-refractivity contribution in [1.82, 2.24) is 4.90 Å². The SMILES string of the molecule is COCCN(CCO)CC(C)CN. The van der Waals surface area contributed by atoms with Crippen LogP contribution in [-0.4, -0.2) is 56.5 Å². The molecule has 0 aliphatic rings. The Balaban J connectivity index is 3.65. The van der Waals surface area contributed by atoms with Crippen molar-refractivity contribution in [2.45, 2.75) is 6.92 Å². The number of aliphatic hydroxyl groups is 1. The maximum absolute atomic E-state index is 8.81. The number of hydrogen-bond acceptors (Lipinski definition) is 4. The molecule has 1 unspecified atom stereocenters. The molecule has 0 rings (SSSR count). The number of nitrogens with two attached hydrogens (primary N) is 1. The Bertz CT molecular complexity index is 112. The summed E-state index contributed by atoms with van der Waals surface area (Å²) in [7, 11) is 1.68. The molecule has 0 saturated carbocycles. The zero-order valence-electron chi connectivity index (χ0n) is 8.70. The Labute approximate surface area is 80.7 Å². The quantitative estimate of drug-likeness (QED) is 0.543. The van der Waals surface area contributed by atoms with E-state index in [0.29, 0.717) is 25.6 Å². The van der Waals surface area contributed by atoms with Gasteiger partial charge in [-0.2, -0.15) is 0 Å². The van der Waals surface area contributed by atoms with Crippen LogP contribution in [-0.2, 0) is 4.74 Å². The Morgan fingerprint density at radius 1 is 1.46 bits per heavy atom. The van der Waals surface area contributed by atoms with E-state index in [2.05, 4.69) is 11.8 Å². The van der Waals surface area contributed by atoms with Crippen LogP contribution in [0.5, 0.6) is 0 Å². The second-order valence-electron chi connectivity index (χ2n) is 3.36. The molecule has 1 atom stereocenters. The standard InChI is InChI=1S/C9H22N2O2/c1-9(7-10)8-11(3-5-12)4-6-13-2/h9,12H,3-8,10H2,1-2H3. The molecule has 0 spiro atoms. The van der Waals surface area contributed by atoms with Gasteiger partial charge in [-0.3, -0.25) is 4.90 Å². The molecule has 4 nitrogen and oxygen atoms in total. The van der Waals surface area contributed by atoms with Gasteiger partial charge in [-0.1, -0.05) is 6.92 Å². The van der Waals surface area contributed by atoms with Crippen LogP contribution in [0, 0.1) is 5.92 Å². The first-order chi connectivity index (χ1) is 6.24. The molecule has 0 aliphatic heterocycles. The van der Waals surface area contributed by atoms with E-state index >= 15 is 0 Å². The number of rotatable bonds is 8. The Kier molecular flexibility index (Phi) is 8.33. The highest BCUT2D eigenvalue weighted by Gasteiger charge is 2.07. The maximum Gasteiger partial charge on any atom is 0.0589 e. The summed E-state index contributed by atoms with van der Waals surface area (Å²) >= 11 is 0. The predicted molar refractivity (Wildman–Crippen MR) is 53.6 cm³/mol. The lowest BCUT2D eigenvalue weighted by molar-refractivity contribution is 0.122. The Morgan fingerprint density at radius 3 is 2.62 bits per heavy atom. The minimum absolute atomic E-state index is 0.195. The zero-order valence-corrected chi connectivity index (χ0v) is 8.70. The highest BCUT2D eigenvalue weighted by Crippen LogP contribution is 1.97. The minimum atomic E-state index is 0.195. The van der Waals surface area contributed by atoms with Gasteiger partial charge >= 0.3 is 0 Å². The summed E-state index contributed by atoms with van der Waals surface area (Å²) in [5, 5.41) is 8.81. The Hall–Kier alpha value is -0.160. The molecule has 3 N–H and O–H groups in total. The lowest BCUT2D eigenvalue weighted by Gasteiger charge is -2.23. The van der Waals surface area contributed by atoms with Crippen molar-refractivity contribution in [2.75, 3.05) is 46.5 Å². The van der Waals surface area contributed by atoms with Crippen molar-refractivity contribution < 1.29 is 9.84 Å². The third-order valence-corrected chi connectivity index (χ3v) is 2.00. The molecule has 0 saturated heterocycles. The molecule has 0 aromatic carbocycles. The van der Waals surface area contributed by atoms with Gasteiger partial charge in [0.05, 0.1) is 13.2 Å². The number of methoxy groups -OCH3 is 1. The molecule has 0 amide bonds. The summed E-state index contributed by atoms with van der Waals surface area (Å²) < 4.78 is 4.98. The summed E-state index contributed by atoms with van der Waals surface area (Å²) in [6, 6.07) is 0. The van der Waals surface area contributed by atoms with Gasteiger partial charge in [0.1, 0.15) is 0 Å². The first kappa shape index (κ1) is 12.8. The average molecular weight is 190 g/mol. The molecule has 0 radical (unpaired) electrons. The summed E-state index contributed by atoms with van der Waals surface area (Å²) in [6.45, 7) is 6.19. The molecule has 0 heterocycles. The van der Waals surface area contributed by atoms with E-state index in [1.165, 1.54) is 0 Å². The van der Waals surface area contributed by atoms with Crippen LogP contribution in [0.1, 0.15) is 6.92 Å². The highest BCUT2D eigenvalue weighted by atomic mass is 16.5. The third kappa shape index (κ3) is 6.95. The summed E-state index contributed by atoms with van der Waals surface area (Å²) in [5.41, 5.74) is 5.52. The van der Waals surface area contributed by atoms with Crippen molar-refractivity contribution in [2.24, 2.45) is 11.7 Å². The van der Waals surface area contributed by atoms with Gasteiger partial charge in [-0.25, -0.2) is 0 Å². The van der Waals surface area contributed by atoms with Gasteiger partial charge < -0.3 is 15.6 Å². The van der Waals surface area contributed by atoms with E-state index in [-0.39, 0.29) is 6.61 Å². The second kappa shape index (κ2) is 8.44. The van der Waals surface area contributed by atoms with Crippen LogP contribution in [0.25, 0.3) is 0 Å². The predicted octanol–water partition coefficient (Wildman–Crippen LogP) is -0.478. The van der Waals surface area contributed by atoms with E-state index in [1.54, 1.807) is 7.11 Å². The molecule has 0 aliphatic carbocycles. The minimum Gasteiger partial charge on any atom is -0.395 e. The number of ether oxygens (including phenoxy) is 1. The number of aliphatic hydroxyl groups excluding tert-OH is 1. The topological polar surface area (TPSA) is 58.7 Å². The zero-order chi connectivity index (χ0) is 10.1. The monoisotopic (exact) mass is 190 g/mol. The lowest BCUT2D eigenvalue weighted by atomic mass is 10.1. The third-order valence-electron chi connectivity index (χ3n) is 2.00. The first-order valence-electron chi connectivity index (χ1n) is 4.76. The summed E-state index contributed by atoms with van der Waals surface area (Å²) in [5.74, 6) is 0.475. The van der Waals surface area contributed by atoms with Crippen LogP contribution in [0.2, 0.25) is 0 Å². The molecule has 0 fully saturated rings. The van der Waals surface area contributed by atoms with Crippen molar-refractivity contribution in [3.8, 4) is 0 Å². The Morgan fingerprint density at radius 2 is 2.15 bits per heavy atom. The first-order valence-corrected chi connectivity index (χ1v) is 4.76. The van der Waals surface area contributed by atoms with E-state index in [0.717, 1.165) is 13.1 Å². The van der Waals surface area contributed by atoms with Gasteiger partial charge in [-0.15, -0.1) is 0 Å². The van der Waals surface area contributed by atoms with Gasteiger partial charge in [0.25, 0.3) is 0 Å². The molecule has 0 aromatic rings. The van der Waals surface area contributed by atoms with Crippen LogP contribution in [0.15, 0.2) is 0 Å². The van der Waals surface area contributed by atoms with Crippen molar-refractivity contribution >= 4 is 0 Å². The van der Waals surface area contributed by atoms with Crippen molar-refractivity contribution in [1.29, 1.82) is 0 Å². The fourth-order valence-corrected chi connectivity index (χ4v) is 1.17. The molecule has 4 heteroatoms. The summed E-state index contributed by atoms with van der Waals surface area (Å²) in [6.07, 6.45) is 0. The van der Waals surface area contributed by atoms with Gasteiger partial charge in [0.15, 0.2) is 0 Å². The second-order valence-corrected chi connectivity index (χ2v) is 3.36. The fraction of sp³-hybridized carbons (Fsp3) is 1.00. The molecule has 13 heavy (non-hydrogen) atoms. The van der Waals surface area contributed by atoms with E-state index in [1.807, 2.05) is 0 Å². The van der Waals surface area contributed by atoms with Crippen LogP contribution in [0.3, 0.4) is 0 Å². The molecule has 0 aromatic heterocycles. The van der Waals surface area contributed by atoms with E-state index in [4.69, 9.17) is 15.6 Å².